The summed E-state index contributed by atoms with van der Waals surface area (Å²) in [7, 11) is -0.0161. The van der Waals surface area contributed by atoms with Crippen LogP contribution in [0.25, 0.3) is 0 Å². The molecule has 0 aromatic heterocycles. The number of unbranched alkanes of at least 4 members (excludes halogenated alkanes) is 1. The average Bonchev–Trinajstić information content (AvgIpc) is 2.49. The fourth-order valence-electron chi connectivity index (χ4n) is 1.88. The first-order chi connectivity index (χ1) is 10.6. The Morgan fingerprint density at radius 3 is 2.30 bits per heavy atom. The van der Waals surface area contributed by atoms with Gasteiger partial charge in [0, 0.05) is 0 Å². The maximum atomic E-state index is 12.4. The minimum Gasteiger partial charge on any atom is -1.00 e. The van der Waals surface area contributed by atoms with Crippen molar-refractivity contribution in [3.05, 3.63) is 58.1 Å². The standard InChI is InChI=1S/C17H17Cl2O2P.Li.H/c1-2-3-11-21-12-7-9-13(10-8-12)22-17(20)16-14(18)5-4-6-15(16)19;;/h4-10,22H,2-3,11H2,1H3;;/q;+1;-1. The van der Waals surface area contributed by atoms with E-state index < -0.39 is 0 Å². The van der Waals surface area contributed by atoms with Gasteiger partial charge in [-0.1, -0.05) is 54.7 Å². The topological polar surface area (TPSA) is 26.3 Å². The summed E-state index contributed by atoms with van der Waals surface area (Å²) < 4.78 is 5.61. The summed E-state index contributed by atoms with van der Waals surface area (Å²) in [6.45, 7) is 2.84. The van der Waals surface area contributed by atoms with Crippen molar-refractivity contribution in [1.82, 2.24) is 0 Å². The van der Waals surface area contributed by atoms with Crippen LogP contribution in [0.1, 0.15) is 31.6 Å². The van der Waals surface area contributed by atoms with Crippen LogP contribution in [0.5, 0.6) is 5.75 Å². The molecule has 2 rings (SSSR count). The molecule has 0 bridgehead atoms. The van der Waals surface area contributed by atoms with Crippen LogP contribution in [0.2, 0.25) is 10.0 Å². The second-order valence-corrected chi connectivity index (χ2v) is 6.87. The summed E-state index contributed by atoms with van der Waals surface area (Å²) in [5.41, 5.74) is 0.336. The minimum atomic E-state index is -0.0600. The van der Waals surface area contributed by atoms with Crippen molar-refractivity contribution in [1.29, 1.82) is 0 Å². The zero-order valence-electron chi connectivity index (χ0n) is 14.2. The molecular weight excluding hydrogens is 345 g/mol. The molecule has 6 heteroatoms. The Labute approximate surface area is 162 Å². The van der Waals surface area contributed by atoms with Crippen molar-refractivity contribution in [2.45, 2.75) is 19.8 Å². The summed E-state index contributed by atoms with van der Waals surface area (Å²) in [5, 5.41) is 1.72. The van der Waals surface area contributed by atoms with E-state index in [0.717, 1.165) is 23.9 Å². The quantitative estimate of drug-likeness (QED) is 0.429. The summed E-state index contributed by atoms with van der Waals surface area (Å²) >= 11 is 12.1. The number of carbonyl (C=O) groups excluding carboxylic acids is 1. The summed E-state index contributed by atoms with van der Waals surface area (Å²) in [5.74, 6) is 0.824. The average molecular weight is 363 g/mol. The third-order valence-corrected chi connectivity index (χ3v) is 4.80. The van der Waals surface area contributed by atoms with Gasteiger partial charge in [0.2, 0.25) is 0 Å². The molecule has 2 aromatic rings. The van der Waals surface area contributed by atoms with E-state index in [1.165, 1.54) is 0 Å². The SMILES string of the molecule is CCCCOc1ccc(PC(=O)c2c(Cl)cccc2Cl)cc1.[H-].[Li+]. The molecule has 2 aromatic carbocycles. The van der Waals surface area contributed by atoms with Gasteiger partial charge in [-0.05, 0) is 44.6 Å². The van der Waals surface area contributed by atoms with Crippen LogP contribution in [0.3, 0.4) is 0 Å². The maximum absolute atomic E-state index is 12.4. The maximum Gasteiger partial charge on any atom is 1.00 e. The van der Waals surface area contributed by atoms with E-state index in [1.807, 2.05) is 24.3 Å². The Hall–Kier alpha value is -0.483. The first kappa shape index (κ1) is 20.6. The second kappa shape index (κ2) is 10.4. The van der Waals surface area contributed by atoms with Crippen LogP contribution >= 0.6 is 31.8 Å². The number of hydrogen-bond acceptors (Lipinski definition) is 2. The molecule has 0 saturated heterocycles. The zero-order chi connectivity index (χ0) is 15.9. The van der Waals surface area contributed by atoms with Crippen molar-refractivity contribution >= 4 is 42.6 Å². The molecule has 0 radical (unpaired) electrons. The molecule has 0 fully saturated rings. The number of benzene rings is 2. The van der Waals surface area contributed by atoms with E-state index in [0.29, 0.717) is 22.2 Å². The van der Waals surface area contributed by atoms with Crippen molar-refractivity contribution < 1.29 is 29.8 Å². The van der Waals surface area contributed by atoms with Crippen LogP contribution < -0.4 is 28.9 Å². The van der Waals surface area contributed by atoms with Crippen molar-refractivity contribution in [3.8, 4) is 5.75 Å². The molecule has 0 heterocycles. The molecule has 0 spiro atoms. The molecule has 118 valence electrons. The Morgan fingerprint density at radius 1 is 1.13 bits per heavy atom. The molecule has 0 aliphatic heterocycles. The van der Waals surface area contributed by atoms with E-state index >= 15 is 0 Å². The van der Waals surface area contributed by atoms with Gasteiger partial charge in [0.25, 0.3) is 0 Å². The van der Waals surface area contributed by atoms with Crippen LogP contribution in [-0.2, 0) is 0 Å². The van der Waals surface area contributed by atoms with E-state index in [2.05, 4.69) is 6.92 Å². The largest absolute Gasteiger partial charge is 1.00 e. The van der Waals surface area contributed by atoms with Gasteiger partial charge in [-0.15, -0.1) is 0 Å². The van der Waals surface area contributed by atoms with E-state index in [1.54, 1.807) is 18.2 Å². The van der Waals surface area contributed by atoms with Gasteiger partial charge in [0.15, 0.2) is 5.52 Å². The van der Waals surface area contributed by atoms with Gasteiger partial charge >= 0.3 is 18.9 Å². The normalized spacial score (nSPS) is 10.6. The fourth-order valence-corrected chi connectivity index (χ4v) is 3.59. The molecule has 0 aliphatic carbocycles. The fraction of sp³-hybridized carbons (Fsp3) is 0.235. The first-order valence-electron chi connectivity index (χ1n) is 7.10. The number of carbonyl (C=O) groups is 1. The predicted molar refractivity (Wildman–Crippen MR) is 96.7 cm³/mol. The van der Waals surface area contributed by atoms with Crippen LogP contribution in [0, 0.1) is 0 Å². The van der Waals surface area contributed by atoms with Gasteiger partial charge in [-0.3, -0.25) is 4.79 Å². The van der Waals surface area contributed by atoms with Crippen molar-refractivity contribution in [3.63, 3.8) is 0 Å². The minimum absolute atomic E-state index is 0. The Morgan fingerprint density at radius 2 is 1.74 bits per heavy atom. The molecule has 0 saturated carbocycles. The summed E-state index contributed by atoms with van der Waals surface area (Å²) in [6.07, 6.45) is 2.14. The molecule has 0 aliphatic rings. The van der Waals surface area contributed by atoms with Crippen LogP contribution in [0.4, 0.5) is 0 Å². The van der Waals surface area contributed by atoms with Gasteiger partial charge in [0.05, 0.1) is 22.2 Å². The van der Waals surface area contributed by atoms with Gasteiger partial charge in [-0.2, -0.15) is 0 Å². The van der Waals surface area contributed by atoms with Crippen molar-refractivity contribution in [2.75, 3.05) is 6.61 Å². The molecule has 1 atom stereocenters. The molecular formula is C17H18Cl2LiO2P. The third-order valence-electron chi connectivity index (χ3n) is 3.07. The molecule has 2 nitrogen and oxygen atoms in total. The second-order valence-electron chi connectivity index (χ2n) is 4.78. The van der Waals surface area contributed by atoms with Crippen LogP contribution in [0.15, 0.2) is 42.5 Å². The zero-order valence-corrected chi connectivity index (χ0v) is 15.7. The van der Waals surface area contributed by atoms with Crippen molar-refractivity contribution in [2.24, 2.45) is 0 Å². The Balaban J connectivity index is 0.00000264. The molecule has 0 N–H and O–H groups in total. The van der Waals surface area contributed by atoms with Gasteiger partial charge in [0.1, 0.15) is 5.75 Å². The number of rotatable bonds is 7. The molecule has 1 unspecified atom stereocenters. The third kappa shape index (κ3) is 6.15. The summed E-state index contributed by atoms with van der Waals surface area (Å²) in [6, 6.07) is 12.7. The molecule has 23 heavy (non-hydrogen) atoms. The predicted octanol–water partition coefficient (Wildman–Crippen LogP) is 2.43. The summed E-state index contributed by atoms with van der Waals surface area (Å²) in [4.78, 5) is 12.4. The van der Waals surface area contributed by atoms with E-state index in [9.17, 15) is 4.79 Å². The Bertz CT molecular complexity index is 633. The monoisotopic (exact) mass is 362 g/mol. The van der Waals surface area contributed by atoms with Gasteiger partial charge in [-0.25, -0.2) is 0 Å². The molecule has 0 amide bonds. The Kier molecular flexibility index (Phi) is 9.29. The first-order valence-corrected chi connectivity index (χ1v) is 8.85. The van der Waals surface area contributed by atoms with E-state index in [-0.39, 0.29) is 34.4 Å². The van der Waals surface area contributed by atoms with Gasteiger partial charge < -0.3 is 6.16 Å². The van der Waals surface area contributed by atoms with E-state index in [4.69, 9.17) is 27.9 Å². The number of hydrogen-bond donors (Lipinski definition) is 0. The number of ether oxygens (including phenoxy) is 1. The number of halogens is 2. The van der Waals surface area contributed by atoms with Crippen LogP contribution in [-0.4, -0.2) is 12.1 Å². The smallest absolute Gasteiger partial charge is 1.00 e.